The van der Waals surface area contributed by atoms with Gasteiger partial charge in [-0.2, -0.15) is 0 Å². The highest BCUT2D eigenvalue weighted by atomic mass is 16.4. The van der Waals surface area contributed by atoms with Gasteiger partial charge in [0, 0.05) is 39.3 Å². The molecule has 0 radical (unpaired) electrons. The Hall–Kier alpha value is -1.96. The molecule has 28 heavy (non-hydrogen) atoms. The van der Waals surface area contributed by atoms with Crippen molar-refractivity contribution in [3.8, 4) is 0 Å². The number of carbonyl (C=O) groups is 2. The Morgan fingerprint density at radius 2 is 1.29 bits per heavy atom. The van der Waals surface area contributed by atoms with Gasteiger partial charge in [0.15, 0.2) is 0 Å². The Labute approximate surface area is 167 Å². The molecular weight excluding hydrogens is 358 g/mol. The van der Waals surface area contributed by atoms with Crippen molar-refractivity contribution in [3.05, 3.63) is 35.4 Å². The minimum absolute atomic E-state index is 0.00241. The summed E-state index contributed by atoms with van der Waals surface area (Å²) in [5.74, 6) is -1.19. The molecule has 1 aliphatic heterocycles. The lowest BCUT2D eigenvalue weighted by atomic mass is 10.0. The lowest BCUT2D eigenvalue weighted by Gasteiger charge is -2.31. The van der Waals surface area contributed by atoms with Gasteiger partial charge in [0.25, 0.3) is 0 Å². The van der Waals surface area contributed by atoms with Gasteiger partial charge in [-0.15, -0.1) is 0 Å². The van der Waals surface area contributed by atoms with Crippen LogP contribution in [0.2, 0.25) is 0 Å². The van der Waals surface area contributed by atoms with E-state index >= 15 is 0 Å². The summed E-state index contributed by atoms with van der Waals surface area (Å²) in [6.45, 7) is 9.34. The van der Waals surface area contributed by atoms with Crippen LogP contribution in [0.3, 0.4) is 0 Å². The molecule has 1 fully saturated rings. The third kappa shape index (κ3) is 7.96. The van der Waals surface area contributed by atoms with Crippen LogP contribution < -0.4 is 0 Å². The number of benzene rings is 1. The fourth-order valence-electron chi connectivity index (χ4n) is 3.54. The molecule has 2 N–H and O–H groups in total. The highest BCUT2D eigenvalue weighted by Gasteiger charge is 2.18. The Bertz CT molecular complexity index is 633. The van der Waals surface area contributed by atoms with Crippen LogP contribution in [0.25, 0.3) is 0 Å². The smallest absolute Gasteiger partial charge is 0.317 e. The molecule has 0 aliphatic carbocycles. The third-order valence-corrected chi connectivity index (χ3v) is 5.18. The maximum absolute atomic E-state index is 11.2. The van der Waals surface area contributed by atoms with Crippen LogP contribution in [-0.2, 0) is 16.1 Å². The highest BCUT2D eigenvalue weighted by molar-refractivity contribution is 5.69. The van der Waals surface area contributed by atoms with Gasteiger partial charge in [0.05, 0.1) is 13.1 Å². The van der Waals surface area contributed by atoms with E-state index in [2.05, 4.69) is 43.0 Å². The van der Waals surface area contributed by atoms with Crippen molar-refractivity contribution in [3.63, 3.8) is 0 Å². The van der Waals surface area contributed by atoms with Crippen molar-refractivity contribution >= 4 is 11.9 Å². The van der Waals surface area contributed by atoms with E-state index in [4.69, 9.17) is 5.11 Å². The molecular formula is C21H33N3O4. The predicted octanol–water partition coefficient (Wildman–Crippen LogP) is 1.79. The number of carboxylic acids is 2. The molecule has 1 aromatic rings. The average Bonchev–Trinajstić information content (AvgIpc) is 2.62. The number of carboxylic acid groups (broad SMARTS) is 2. The van der Waals surface area contributed by atoms with E-state index in [1.54, 1.807) is 0 Å². The lowest BCUT2D eigenvalue weighted by molar-refractivity contribution is -0.140. The molecule has 7 nitrogen and oxygen atoms in total. The molecule has 1 heterocycles. The van der Waals surface area contributed by atoms with Crippen molar-refractivity contribution in [1.29, 1.82) is 0 Å². The second-order valence-corrected chi connectivity index (χ2v) is 7.87. The monoisotopic (exact) mass is 391 g/mol. The zero-order valence-electron chi connectivity index (χ0n) is 17.0. The average molecular weight is 392 g/mol. The maximum atomic E-state index is 11.2. The summed E-state index contributed by atoms with van der Waals surface area (Å²) in [6, 6.07) is 8.68. The van der Waals surface area contributed by atoms with Crippen molar-refractivity contribution in [2.45, 2.75) is 32.7 Å². The first-order valence-electron chi connectivity index (χ1n) is 10.0. The fourth-order valence-corrected chi connectivity index (χ4v) is 3.54. The summed E-state index contributed by atoms with van der Waals surface area (Å²) in [6.07, 6.45) is 0.899. The molecule has 0 atom stereocenters. The van der Waals surface area contributed by atoms with Gasteiger partial charge < -0.3 is 10.2 Å². The molecule has 2 rings (SSSR count). The van der Waals surface area contributed by atoms with Crippen molar-refractivity contribution in [2.24, 2.45) is 0 Å². The summed E-state index contributed by atoms with van der Waals surface area (Å²) in [7, 11) is 0. The van der Waals surface area contributed by atoms with E-state index in [1.165, 1.54) is 11.1 Å². The number of hydrogen-bond donors (Lipinski definition) is 2. The third-order valence-electron chi connectivity index (χ3n) is 5.18. The highest BCUT2D eigenvalue weighted by Crippen LogP contribution is 2.16. The molecule has 0 aromatic heterocycles. The predicted molar refractivity (Wildman–Crippen MR) is 109 cm³/mol. The number of aliphatic carboxylic acids is 2. The fraction of sp³-hybridized carbons (Fsp3) is 0.619. The molecule has 0 unspecified atom stereocenters. The van der Waals surface area contributed by atoms with E-state index in [-0.39, 0.29) is 13.1 Å². The van der Waals surface area contributed by atoms with Gasteiger partial charge in [0.1, 0.15) is 0 Å². The van der Waals surface area contributed by atoms with Gasteiger partial charge >= 0.3 is 11.9 Å². The molecule has 7 heteroatoms. The minimum atomic E-state index is -0.849. The normalized spacial score (nSPS) is 18.2. The van der Waals surface area contributed by atoms with E-state index < -0.39 is 11.9 Å². The van der Waals surface area contributed by atoms with E-state index in [0.717, 1.165) is 26.1 Å². The van der Waals surface area contributed by atoms with Crippen LogP contribution in [0, 0.1) is 0 Å². The Morgan fingerprint density at radius 3 is 1.79 bits per heavy atom. The van der Waals surface area contributed by atoms with Gasteiger partial charge in [0.2, 0.25) is 0 Å². The molecule has 0 bridgehead atoms. The first-order valence-corrected chi connectivity index (χ1v) is 10.0. The standard InChI is InChI=1S/C21H33N3O4/c1-17(2)19-6-4-18(5-7-19)14-22-8-3-9-23(15-20(25)26)11-13-24(12-10-22)16-21(27)28/h4-7,17H,3,8-16H2,1-2H3,(H,25,26)(H,27,28). The minimum Gasteiger partial charge on any atom is -0.480 e. The number of rotatable bonds is 7. The molecule has 156 valence electrons. The van der Waals surface area contributed by atoms with Gasteiger partial charge in [-0.3, -0.25) is 24.3 Å². The van der Waals surface area contributed by atoms with Gasteiger partial charge in [-0.25, -0.2) is 0 Å². The largest absolute Gasteiger partial charge is 0.480 e. The van der Waals surface area contributed by atoms with E-state index in [0.29, 0.717) is 32.1 Å². The second-order valence-electron chi connectivity index (χ2n) is 7.87. The zero-order chi connectivity index (χ0) is 20.5. The lowest BCUT2D eigenvalue weighted by Crippen LogP contribution is -2.45. The summed E-state index contributed by atoms with van der Waals surface area (Å²) in [4.78, 5) is 28.4. The van der Waals surface area contributed by atoms with Crippen molar-refractivity contribution < 1.29 is 19.8 Å². The van der Waals surface area contributed by atoms with Gasteiger partial charge in [-0.05, 0) is 30.0 Å². The van der Waals surface area contributed by atoms with Crippen molar-refractivity contribution in [1.82, 2.24) is 14.7 Å². The molecule has 0 saturated carbocycles. The SMILES string of the molecule is CC(C)c1ccc(CN2CCCN(CC(=O)O)CCN(CC(=O)O)CC2)cc1. The quantitative estimate of drug-likeness (QED) is 0.733. The Kier molecular flexibility index (Phi) is 8.89. The first kappa shape index (κ1) is 22.3. The Morgan fingerprint density at radius 1 is 0.821 bits per heavy atom. The van der Waals surface area contributed by atoms with E-state index in [9.17, 15) is 14.7 Å². The van der Waals surface area contributed by atoms with Crippen LogP contribution >= 0.6 is 0 Å². The van der Waals surface area contributed by atoms with Gasteiger partial charge in [-0.1, -0.05) is 38.1 Å². The zero-order valence-corrected chi connectivity index (χ0v) is 17.0. The topological polar surface area (TPSA) is 84.3 Å². The Balaban J connectivity index is 2.02. The van der Waals surface area contributed by atoms with Crippen LogP contribution in [0.4, 0.5) is 0 Å². The first-order chi connectivity index (χ1) is 13.3. The molecule has 0 spiro atoms. The summed E-state index contributed by atoms with van der Waals surface area (Å²) < 4.78 is 0. The molecule has 1 aromatic carbocycles. The van der Waals surface area contributed by atoms with Crippen LogP contribution in [0.15, 0.2) is 24.3 Å². The molecule has 1 saturated heterocycles. The summed E-state index contributed by atoms with van der Waals surface area (Å²) in [5.41, 5.74) is 2.57. The van der Waals surface area contributed by atoms with Crippen molar-refractivity contribution in [2.75, 3.05) is 52.4 Å². The number of hydrogen-bond acceptors (Lipinski definition) is 5. The number of nitrogens with zero attached hydrogens (tertiary/aromatic N) is 3. The molecule has 0 amide bonds. The second kappa shape index (κ2) is 11.1. The molecule has 1 aliphatic rings. The maximum Gasteiger partial charge on any atom is 0.317 e. The summed E-state index contributed by atoms with van der Waals surface area (Å²) in [5, 5.41) is 18.3. The van der Waals surface area contributed by atoms with Crippen LogP contribution in [0.1, 0.15) is 37.3 Å². The summed E-state index contributed by atoms with van der Waals surface area (Å²) >= 11 is 0. The van der Waals surface area contributed by atoms with Crippen LogP contribution in [-0.4, -0.2) is 89.2 Å². The van der Waals surface area contributed by atoms with Crippen LogP contribution in [0.5, 0.6) is 0 Å². The van der Waals surface area contributed by atoms with E-state index in [1.807, 2.05) is 9.80 Å².